The zero-order chi connectivity index (χ0) is 15.2. The van der Waals surface area contributed by atoms with E-state index < -0.39 is 5.97 Å². The van der Waals surface area contributed by atoms with Crippen LogP contribution in [0.1, 0.15) is 22.5 Å². The largest absolute Gasteiger partial charge is 0.478 e. The predicted molar refractivity (Wildman–Crippen MR) is 84.2 cm³/mol. The summed E-state index contributed by atoms with van der Waals surface area (Å²) >= 11 is 1.57. The summed E-state index contributed by atoms with van der Waals surface area (Å²) in [7, 11) is 0. The first-order chi connectivity index (χ1) is 10.0. The van der Waals surface area contributed by atoms with E-state index in [2.05, 4.69) is 9.97 Å². The number of aryl methyl sites for hydroxylation is 2. The number of aliphatic carboxylic acids is 1. The average molecular weight is 300 g/mol. The van der Waals surface area contributed by atoms with Gasteiger partial charge in [-0.1, -0.05) is 36.0 Å². The van der Waals surface area contributed by atoms with E-state index in [4.69, 9.17) is 5.11 Å². The third-order valence-corrected chi connectivity index (χ3v) is 3.62. The SMILES string of the molecule is Cc1cc(C)nc(SCc2cccc(C=CC(=O)O)c2)n1. The number of carboxylic acids is 1. The molecule has 1 aromatic heterocycles. The first-order valence-electron chi connectivity index (χ1n) is 6.48. The second-order valence-corrected chi connectivity index (χ2v) is 5.58. The highest BCUT2D eigenvalue weighted by molar-refractivity contribution is 7.98. The maximum absolute atomic E-state index is 10.5. The summed E-state index contributed by atoms with van der Waals surface area (Å²) in [5, 5.41) is 9.40. The Morgan fingerprint density at radius 2 is 1.95 bits per heavy atom. The molecular formula is C16H16N2O2S. The molecule has 4 nitrogen and oxygen atoms in total. The molecule has 0 aliphatic heterocycles. The van der Waals surface area contributed by atoms with Gasteiger partial charge >= 0.3 is 5.97 Å². The molecule has 0 fully saturated rings. The summed E-state index contributed by atoms with van der Waals surface area (Å²) in [6.45, 7) is 3.91. The van der Waals surface area contributed by atoms with Crippen LogP contribution in [0.2, 0.25) is 0 Å². The first-order valence-corrected chi connectivity index (χ1v) is 7.46. The summed E-state index contributed by atoms with van der Waals surface area (Å²) in [5.41, 5.74) is 3.90. The molecule has 1 N–H and O–H groups in total. The second kappa shape index (κ2) is 7.04. The number of hydrogen-bond donors (Lipinski definition) is 1. The molecule has 0 saturated carbocycles. The maximum Gasteiger partial charge on any atom is 0.328 e. The van der Waals surface area contributed by atoms with Crippen LogP contribution in [0.4, 0.5) is 0 Å². The topological polar surface area (TPSA) is 63.1 Å². The smallest absolute Gasteiger partial charge is 0.328 e. The van der Waals surface area contributed by atoms with E-state index in [-0.39, 0.29) is 0 Å². The fraction of sp³-hybridized carbons (Fsp3) is 0.188. The number of carboxylic acid groups (broad SMARTS) is 1. The Balaban J connectivity index is 2.06. The molecule has 0 spiro atoms. The fourth-order valence-corrected chi connectivity index (χ4v) is 2.75. The number of nitrogens with zero attached hydrogens (tertiary/aromatic N) is 2. The zero-order valence-electron chi connectivity index (χ0n) is 11.9. The van der Waals surface area contributed by atoms with Gasteiger partial charge in [-0.05, 0) is 37.1 Å². The highest BCUT2D eigenvalue weighted by Gasteiger charge is 2.02. The molecular weight excluding hydrogens is 284 g/mol. The van der Waals surface area contributed by atoms with Crippen LogP contribution < -0.4 is 0 Å². The molecule has 0 aliphatic carbocycles. The molecule has 1 heterocycles. The van der Waals surface area contributed by atoms with E-state index >= 15 is 0 Å². The Labute approximate surface area is 128 Å². The van der Waals surface area contributed by atoms with Gasteiger partial charge < -0.3 is 5.11 Å². The first kappa shape index (κ1) is 15.3. The van der Waals surface area contributed by atoms with Crippen molar-refractivity contribution in [2.75, 3.05) is 0 Å². The Hall–Kier alpha value is -2.14. The van der Waals surface area contributed by atoms with E-state index in [1.165, 1.54) is 0 Å². The Bertz CT molecular complexity index is 663. The Morgan fingerprint density at radius 1 is 1.24 bits per heavy atom. The van der Waals surface area contributed by atoms with Gasteiger partial charge in [-0.25, -0.2) is 14.8 Å². The van der Waals surface area contributed by atoms with E-state index in [1.54, 1.807) is 17.8 Å². The van der Waals surface area contributed by atoms with Crippen LogP contribution in [0.5, 0.6) is 0 Å². The van der Waals surface area contributed by atoms with Crippen molar-refractivity contribution < 1.29 is 9.90 Å². The summed E-state index contributed by atoms with van der Waals surface area (Å²) in [5.74, 6) is -0.198. The number of benzene rings is 1. The number of hydrogen-bond acceptors (Lipinski definition) is 4. The van der Waals surface area contributed by atoms with Gasteiger partial charge in [0.2, 0.25) is 0 Å². The summed E-state index contributed by atoms with van der Waals surface area (Å²) < 4.78 is 0. The third kappa shape index (κ3) is 5.04. The molecule has 2 rings (SSSR count). The van der Waals surface area contributed by atoms with Gasteiger partial charge in [0.1, 0.15) is 0 Å². The maximum atomic E-state index is 10.5. The lowest BCUT2D eigenvalue weighted by Gasteiger charge is -2.04. The van der Waals surface area contributed by atoms with Crippen molar-refractivity contribution in [3.05, 3.63) is 58.9 Å². The molecule has 5 heteroatoms. The normalized spacial score (nSPS) is 11.0. The number of carbonyl (C=O) groups is 1. The van der Waals surface area contributed by atoms with Crippen molar-refractivity contribution in [1.29, 1.82) is 0 Å². The van der Waals surface area contributed by atoms with Crippen molar-refractivity contribution in [3.8, 4) is 0 Å². The molecule has 0 unspecified atom stereocenters. The fourth-order valence-electron chi connectivity index (χ4n) is 1.86. The van der Waals surface area contributed by atoms with Crippen LogP contribution in [0.15, 0.2) is 41.6 Å². The van der Waals surface area contributed by atoms with E-state index in [0.29, 0.717) is 0 Å². The minimum atomic E-state index is -0.946. The molecule has 108 valence electrons. The van der Waals surface area contributed by atoms with Crippen LogP contribution in [-0.2, 0) is 10.5 Å². The average Bonchev–Trinajstić information content (AvgIpc) is 2.42. The zero-order valence-corrected chi connectivity index (χ0v) is 12.7. The highest BCUT2D eigenvalue weighted by atomic mass is 32.2. The van der Waals surface area contributed by atoms with Gasteiger partial charge in [-0.15, -0.1) is 0 Å². The van der Waals surface area contributed by atoms with Crippen molar-refractivity contribution in [2.24, 2.45) is 0 Å². The molecule has 21 heavy (non-hydrogen) atoms. The highest BCUT2D eigenvalue weighted by Crippen LogP contribution is 2.20. The van der Waals surface area contributed by atoms with E-state index in [0.717, 1.165) is 39.5 Å². The third-order valence-electron chi connectivity index (χ3n) is 2.70. The molecule has 0 aliphatic rings. The van der Waals surface area contributed by atoms with Gasteiger partial charge in [-0.3, -0.25) is 0 Å². The molecule has 0 saturated heterocycles. The standard InChI is InChI=1S/C16H16N2O2S/c1-11-8-12(2)18-16(17-11)21-10-14-5-3-4-13(9-14)6-7-15(19)20/h3-9H,10H2,1-2H3,(H,19,20). The van der Waals surface area contributed by atoms with Crippen LogP contribution in [0, 0.1) is 13.8 Å². The molecule has 0 amide bonds. The van der Waals surface area contributed by atoms with Crippen LogP contribution in [-0.4, -0.2) is 21.0 Å². The number of thioether (sulfide) groups is 1. The van der Waals surface area contributed by atoms with Gasteiger partial charge in [0, 0.05) is 23.2 Å². The quantitative estimate of drug-likeness (QED) is 0.520. The Kier molecular flexibility index (Phi) is 5.11. The summed E-state index contributed by atoms with van der Waals surface area (Å²) in [4.78, 5) is 19.3. The van der Waals surface area contributed by atoms with Crippen LogP contribution in [0.3, 0.4) is 0 Å². The molecule has 0 atom stereocenters. The molecule has 0 bridgehead atoms. The minimum Gasteiger partial charge on any atom is -0.478 e. The van der Waals surface area contributed by atoms with Gasteiger partial charge in [0.15, 0.2) is 5.16 Å². The molecule has 0 radical (unpaired) electrons. The minimum absolute atomic E-state index is 0.748. The number of aromatic nitrogens is 2. The lowest BCUT2D eigenvalue weighted by atomic mass is 10.1. The second-order valence-electron chi connectivity index (χ2n) is 4.64. The number of rotatable bonds is 5. The van der Waals surface area contributed by atoms with Crippen LogP contribution in [0.25, 0.3) is 6.08 Å². The lowest BCUT2D eigenvalue weighted by molar-refractivity contribution is -0.131. The summed E-state index contributed by atoms with van der Waals surface area (Å²) in [6, 6.07) is 9.71. The van der Waals surface area contributed by atoms with Crippen molar-refractivity contribution in [2.45, 2.75) is 24.8 Å². The van der Waals surface area contributed by atoms with Gasteiger partial charge in [0.05, 0.1) is 0 Å². The van der Waals surface area contributed by atoms with Crippen LogP contribution >= 0.6 is 11.8 Å². The van der Waals surface area contributed by atoms with E-state index in [1.807, 2.05) is 44.2 Å². The monoisotopic (exact) mass is 300 g/mol. The molecule has 2 aromatic rings. The Morgan fingerprint density at radius 3 is 2.62 bits per heavy atom. The van der Waals surface area contributed by atoms with Gasteiger partial charge in [0.25, 0.3) is 0 Å². The van der Waals surface area contributed by atoms with Crippen molar-refractivity contribution in [3.63, 3.8) is 0 Å². The molecule has 1 aromatic carbocycles. The summed E-state index contributed by atoms with van der Waals surface area (Å²) in [6.07, 6.45) is 2.73. The van der Waals surface area contributed by atoms with Crippen molar-refractivity contribution in [1.82, 2.24) is 9.97 Å². The van der Waals surface area contributed by atoms with Crippen molar-refractivity contribution >= 4 is 23.8 Å². The lowest BCUT2D eigenvalue weighted by Crippen LogP contribution is -1.93. The van der Waals surface area contributed by atoms with E-state index in [9.17, 15) is 4.79 Å². The van der Waals surface area contributed by atoms with Gasteiger partial charge in [-0.2, -0.15) is 0 Å². The predicted octanol–water partition coefficient (Wildman–Crippen LogP) is 3.48.